The molecule has 1 rings (SSSR count). The molecule has 0 aromatic heterocycles. The van der Waals surface area contributed by atoms with Crippen molar-refractivity contribution in [3.63, 3.8) is 0 Å². The van der Waals surface area contributed by atoms with Crippen LogP contribution in [0.25, 0.3) is 0 Å². The second-order valence-corrected chi connectivity index (χ2v) is 3.92. The number of rotatable bonds is 7. The van der Waals surface area contributed by atoms with Gasteiger partial charge in [-0.25, -0.2) is 0 Å². The van der Waals surface area contributed by atoms with Gasteiger partial charge in [0.2, 0.25) is 0 Å². The van der Waals surface area contributed by atoms with E-state index in [4.69, 9.17) is 9.47 Å². The molecule has 0 unspecified atom stereocenters. The molecule has 1 aromatic rings. The van der Waals surface area contributed by atoms with Crippen LogP contribution in [0.1, 0.15) is 29.6 Å². The van der Waals surface area contributed by atoms with Crippen molar-refractivity contribution >= 4 is 11.8 Å². The van der Waals surface area contributed by atoms with E-state index >= 15 is 0 Å². The van der Waals surface area contributed by atoms with E-state index < -0.39 is 0 Å². The Balaban J connectivity index is 2.72. The number of carbonyl (C=O) groups excluding carboxylic acids is 2. The summed E-state index contributed by atoms with van der Waals surface area (Å²) in [7, 11) is 4.37. The van der Waals surface area contributed by atoms with E-state index in [1.807, 2.05) is 0 Å². The molecule has 0 aliphatic carbocycles. The van der Waals surface area contributed by atoms with Gasteiger partial charge in [0.25, 0.3) is 0 Å². The maximum atomic E-state index is 12.1. The molecule has 0 aliphatic heterocycles. The number of hydrogen-bond donors (Lipinski definition) is 0. The van der Waals surface area contributed by atoms with Crippen LogP contribution in [0.15, 0.2) is 18.2 Å². The number of methoxy groups -OCH3 is 3. The van der Waals surface area contributed by atoms with Gasteiger partial charge in [0.1, 0.15) is 11.5 Å². The Kier molecular flexibility index (Phi) is 5.85. The number of hydrogen-bond acceptors (Lipinski definition) is 5. The van der Waals surface area contributed by atoms with E-state index in [0.717, 1.165) is 0 Å². The fourth-order valence-corrected chi connectivity index (χ4v) is 1.66. The van der Waals surface area contributed by atoms with Gasteiger partial charge in [0.15, 0.2) is 5.78 Å². The first-order chi connectivity index (χ1) is 9.12. The number of esters is 1. The molecular weight excluding hydrogens is 248 g/mol. The lowest BCUT2D eigenvalue weighted by molar-refractivity contribution is -0.140. The van der Waals surface area contributed by atoms with Crippen molar-refractivity contribution in [2.24, 2.45) is 0 Å². The van der Waals surface area contributed by atoms with Crippen molar-refractivity contribution in [2.45, 2.75) is 19.3 Å². The fraction of sp³-hybridized carbons (Fsp3) is 0.429. The molecule has 0 amide bonds. The minimum absolute atomic E-state index is 0.0837. The molecular formula is C14H18O5. The van der Waals surface area contributed by atoms with E-state index in [0.29, 0.717) is 23.5 Å². The van der Waals surface area contributed by atoms with Crippen molar-refractivity contribution in [3.8, 4) is 11.5 Å². The molecule has 0 fully saturated rings. The predicted octanol–water partition coefficient (Wildman–Crippen LogP) is 2.23. The lowest BCUT2D eigenvalue weighted by Gasteiger charge is -2.09. The first kappa shape index (κ1) is 15.0. The Morgan fingerprint density at radius 3 is 2.37 bits per heavy atom. The zero-order chi connectivity index (χ0) is 14.3. The summed E-state index contributed by atoms with van der Waals surface area (Å²) in [6.07, 6.45) is 0.943. The summed E-state index contributed by atoms with van der Waals surface area (Å²) in [5.41, 5.74) is 0.465. The second kappa shape index (κ2) is 7.41. The molecule has 0 spiro atoms. The van der Waals surface area contributed by atoms with Gasteiger partial charge in [0.05, 0.1) is 26.9 Å². The second-order valence-electron chi connectivity index (χ2n) is 3.92. The topological polar surface area (TPSA) is 61.8 Å². The molecule has 0 radical (unpaired) electrons. The van der Waals surface area contributed by atoms with Crippen LogP contribution in [0.4, 0.5) is 0 Å². The highest BCUT2D eigenvalue weighted by atomic mass is 16.5. The quantitative estimate of drug-likeness (QED) is 0.559. The standard InChI is InChI=1S/C14H18O5/c1-17-10-7-8-13(18-2)11(9-10)12(15)5-4-6-14(16)19-3/h7-9H,4-6H2,1-3H3. The van der Waals surface area contributed by atoms with Gasteiger partial charge < -0.3 is 14.2 Å². The third-order valence-electron chi connectivity index (χ3n) is 2.72. The minimum Gasteiger partial charge on any atom is -0.497 e. The highest BCUT2D eigenvalue weighted by Crippen LogP contribution is 2.25. The third kappa shape index (κ3) is 4.28. The lowest BCUT2D eigenvalue weighted by Crippen LogP contribution is -2.05. The largest absolute Gasteiger partial charge is 0.497 e. The first-order valence-corrected chi connectivity index (χ1v) is 5.94. The maximum absolute atomic E-state index is 12.1. The van der Waals surface area contributed by atoms with E-state index in [9.17, 15) is 9.59 Å². The van der Waals surface area contributed by atoms with Crippen molar-refractivity contribution in [1.82, 2.24) is 0 Å². The van der Waals surface area contributed by atoms with Crippen LogP contribution in [0.5, 0.6) is 11.5 Å². The Hall–Kier alpha value is -2.04. The van der Waals surface area contributed by atoms with Crippen LogP contribution in [0, 0.1) is 0 Å². The number of benzene rings is 1. The molecule has 0 atom stereocenters. The van der Waals surface area contributed by atoms with Gasteiger partial charge in [-0.2, -0.15) is 0 Å². The Labute approximate surface area is 112 Å². The molecule has 1 aromatic carbocycles. The summed E-state index contributed by atoms with van der Waals surface area (Å²) >= 11 is 0. The van der Waals surface area contributed by atoms with Crippen molar-refractivity contribution in [3.05, 3.63) is 23.8 Å². The number of ketones is 1. The highest BCUT2D eigenvalue weighted by molar-refractivity contribution is 5.99. The molecule has 19 heavy (non-hydrogen) atoms. The van der Waals surface area contributed by atoms with Crippen LogP contribution in [0.3, 0.4) is 0 Å². The number of ether oxygens (including phenoxy) is 3. The number of Topliss-reactive ketones (excluding diaryl/α,β-unsaturated/α-hetero) is 1. The molecule has 5 heteroatoms. The maximum Gasteiger partial charge on any atom is 0.305 e. The van der Waals surface area contributed by atoms with E-state index in [-0.39, 0.29) is 24.6 Å². The summed E-state index contributed by atoms with van der Waals surface area (Å²) in [6, 6.07) is 5.05. The third-order valence-corrected chi connectivity index (χ3v) is 2.72. The Morgan fingerprint density at radius 2 is 1.79 bits per heavy atom. The zero-order valence-electron chi connectivity index (χ0n) is 11.4. The molecule has 0 saturated carbocycles. The molecule has 0 heterocycles. The Morgan fingerprint density at radius 1 is 1.05 bits per heavy atom. The average molecular weight is 266 g/mol. The van der Waals surface area contributed by atoms with Gasteiger partial charge in [-0.15, -0.1) is 0 Å². The molecule has 5 nitrogen and oxygen atoms in total. The lowest BCUT2D eigenvalue weighted by atomic mass is 10.0. The zero-order valence-corrected chi connectivity index (χ0v) is 11.4. The van der Waals surface area contributed by atoms with E-state index in [2.05, 4.69) is 4.74 Å². The summed E-state index contributed by atoms with van der Waals surface area (Å²) in [5.74, 6) is 0.700. The Bertz CT molecular complexity index is 453. The van der Waals surface area contributed by atoms with Crippen molar-refractivity contribution < 1.29 is 23.8 Å². The summed E-state index contributed by atoms with van der Waals surface area (Å²) < 4.78 is 14.8. The minimum atomic E-state index is -0.314. The first-order valence-electron chi connectivity index (χ1n) is 5.94. The highest BCUT2D eigenvalue weighted by Gasteiger charge is 2.14. The molecule has 104 valence electrons. The average Bonchev–Trinajstić information content (AvgIpc) is 2.45. The van der Waals surface area contributed by atoms with Gasteiger partial charge in [-0.1, -0.05) is 0 Å². The predicted molar refractivity (Wildman–Crippen MR) is 69.7 cm³/mol. The van der Waals surface area contributed by atoms with Crippen LogP contribution in [0.2, 0.25) is 0 Å². The monoisotopic (exact) mass is 266 g/mol. The van der Waals surface area contributed by atoms with E-state index in [1.54, 1.807) is 18.2 Å². The van der Waals surface area contributed by atoms with Gasteiger partial charge in [-0.05, 0) is 24.6 Å². The van der Waals surface area contributed by atoms with Crippen molar-refractivity contribution in [1.29, 1.82) is 0 Å². The van der Waals surface area contributed by atoms with Crippen molar-refractivity contribution in [2.75, 3.05) is 21.3 Å². The van der Waals surface area contributed by atoms with Gasteiger partial charge in [-0.3, -0.25) is 9.59 Å². The summed E-state index contributed by atoms with van der Waals surface area (Å²) in [6.45, 7) is 0. The van der Waals surface area contributed by atoms with Crippen LogP contribution in [-0.2, 0) is 9.53 Å². The molecule has 0 saturated heterocycles. The molecule has 0 aliphatic rings. The summed E-state index contributed by atoms with van der Waals surface area (Å²) in [5, 5.41) is 0. The van der Waals surface area contributed by atoms with Gasteiger partial charge >= 0.3 is 5.97 Å². The molecule has 0 bridgehead atoms. The number of carbonyl (C=O) groups is 2. The summed E-state index contributed by atoms with van der Waals surface area (Å²) in [4.78, 5) is 23.0. The van der Waals surface area contributed by atoms with Gasteiger partial charge in [0, 0.05) is 12.8 Å². The molecule has 0 N–H and O–H groups in total. The fourth-order valence-electron chi connectivity index (χ4n) is 1.66. The smallest absolute Gasteiger partial charge is 0.305 e. The normalized spacial score (nSPS) is 9.84. The SMILES string of the molecule is COC(=O)CCCC(=O)c1cc(OC)ccc1OC. The van der Waals surface area contributed by atoms with Crippen LogP contribution in [-0.4, -0.2) is 33.1 Å². The van der Waals surface area contributed by atoms with Crippen LogP contribution < -0.4 is 9.47 Å². The van der Waals surface area contributed by atoms with E-state index in [1.165, 1.54) is 21.3 Å². The van der Waals surface area contributed by atoms with Crippen LogP contribution >= 0.6 is 0 Å².